The number of amides is 1. The van der Waals surface area contributed by atoms with E-state index in [1.165, 1.54) is 5.56 Å². The predicted molar refractivity (Wildman–Crippen MR) is 121 cm³/mol. The van der Waals surface area contributed by atoms with E-state index >= 15 is 0 Å². The largest absolute Gasteiger partial charge is 0.368 e. The van der Waals surface area contributed by atoms with Crippen molar-refractivity contribution in [2.45, 2.75) is 25.7 Å². The van der Waals surface area contributed by atoms with Crippen molar-refractivity contribution in [2.24, 2.45) is 0 Å². The van der Waals surface area contributed by atoms with Crippen molar-refractivity contribution in [3.63, 3.8) is 0 Å². The molecule has 0 N–H and O–H groups in total. The van der Waals surface area contributed by atoms with Gasteiger partial charge in [-0.2, -0.15) is 4.98 Å². The van der Waals surface area contributed by atoms with Gasteiger partial charge in [-0.15, -0.1) is 0 Å². The number of benzene rings is 2. The van der Waals surface area contributed by atoms with Gasteiger partial charge in [0.2, 0.25) is 17.6 Å². The first kappa shape index (κ1) is 19.5. The van der Waals surface area contributed by atoms with Gasteiger partial charge in [-0.1, -0.05) is 35.0 Å². The normalized spacial score (nSPS) is 16.8. The summed E-state index contributed by atoms with van der Waals surface area (Å²) in [5, 5.41) is 4.11. The van der Waals surface area contributed by atoms with Crippen LogP contribution in [0.2, 0.25) is 0 Å². The maximum absolute atomic E-state index is 12.5. The number of nitrogens with zero attached hydrogens (tertiary/aromatic N) is 4. The summed E-state index contributed by atoms with van der Waals surface area (Å²) in [4.78, 5) is 21.3. The standard InChI is InChI=1S/C25H26N4O2/c1-18-2-4-19(5-3-18)6-13-23(30)29-16-14-28(15-17-29)22-11-9-20(10-12-22)24-26-25(31-27-24)21-7-8-21/h2-6,9-13,21H,7-8,14-17H2,1H3/b13-6+. The summed E-state index contributed by atoms with van der Waals surface area (Å²) in [6.07, 6.45) is 5.86. The van der Waals surface area contributed by atoms with E-state index in [4.69, 9.17) is 4.52 Å². The predicted octanol–water partition coefficient (Wildman–Crippen LogP) is 4.28. The van der Waals surface area contributed by atoms with Crippen LogP contribution < -0.4 is 4.90 Å². The summed E-state index contributed by atoms with van der Waals surface area (Å²) in [5.41, 5.74) is 4.38. The second-order valence-electron chi connectivity index (χ2n) is 8.33. The molecule has 1 amide bonds. The summed E-state index contributed by atoms with van der Waals surface area (Å²) in [6, 6.07) is 16.4. The summed E-state index contributed by atoms with van der Waals surface area (Å²) in [5.74, 6) is 1.95. The lowest BCUT2D eigenvalue weighted by Crippen LogP contribution is -2.48. The van der Waals surface area contributed by atoms with Gasteiger partial charge in [-0.3, -0.25) is 4.79 Å². The number of anilines is 1. The van der Waals surface area contributed by atoms with Gasteiger partial charge in [-0.25, -0.2) is 0 Å². The van der Waals surface area contributed by atoms with Crippen LogP contribution in [0.3, 0.4) is 0 Å². The molecule has 1 aliphatic heterocycles. The maximum Gasteiger partial charge on any atom is 0.246 e. The summed E-state index contributed by atoms with van der Waals surface area (Å²) < 4.78 is 5.36. The molecule has 1 saturated carbocycles. The monoisotopic (exact) mass is 414 g/mol. The number of rotatable bonds is 5. The van der Waals surface area contributed by atoms with Gasteiger partial charge in [0, 0.05) is 49.4 Å². The van der Waals surface area contributed by atoms with E-state index < -0.39 is 0 Å². The Labute approximate surface area is 182 Å². The van der Waals surface area contributed by atoms with Crippen LogP contribution in [0.15, 0.2) is 59.1 Å². The Hall–Kier alpha value is -3.41. The van der Waals surface area contributed by atoms with Crippen LogP contribution in [0.25, 0.3) is 17.5 Å². The zero-order chi connectivity index (χ0) is 21.2. The highest BCUT2D eigenvalue weighted by atomic mass is 16.5. The molecule has 2 fully saturated rings. The fourth-order valence-corrected chi connectivity index (χ4v) is 3.81. The van der Waals surface area contributed by atoms with Crippen LogP contribution in [0, 0.1) is 6.92 Å². The van der Waals surface area contributed by atoms with Crippen LogP contribution in [-0.4, -0.2) is 47.1 Å². The first-order chi connectivity index (χ1) is 15.2. The van der Waals surface area contributed by atoms with Crippen molar-refractivity contribution >= 4 is 17.7 Å². The van der Waals surface area contributed by atoms with Crippen molar-refractivity contribution < 1.29 is 9.32 Å². The van der Waals surface area contributed by atoms with Crippen LogP contribution in [-0.2, 0) is 4.79 Å². The number of hydrogen-bond acceptors (Lipinski definition) is 5. The van der Waals surface area contributed by atoms with Gasteiger partial charge in [-0.05, 0) is 55.7 Å². The molecule has 2 aromatic carbocycles. The molecule has 31 heavy (non-hydrogen) atoms. The number of piperazine rings is 1. The number of carbonyl (C=O) groups excluding carboxylic acids is 1. The number of hydrogen-bond donors (Lipinski definition) is 0. The van der Waals surface area contributed by atoms with E-state index in [9.17, 15) is 4.79 Å². The molecule has 1 saturated heterocycles. The molecule has 5 rings (SSSR count). The van der Waals surface area contributed by atoms with E-state index in [2.05, 4.69) is 46.2 Å². The third kappa shape index (κ3) is 4.53. The van der Waals surface area contributed by atoms with Crippen LogP contribution >= 0.6 is 0 Å². The van der Waals surface area contributed by atoms with Crippen molar-refractivity contribution in [3.05, 3.63) is 71.6 Å². The molecule has 3 aromatic rings. The fourth-order valence-electron chi connectivity index (χ4n) is 3.81. The van der Waals surface area contributed by atoms with Gasteiger partial charge >= 0.3 is 0 Å². The quantitative estimate of drug-likeness (QED) is 0.583. The van der Waals surface area contributed by atoms with Gasteiger partial charge < -0.3 is 14.3 Å². The molecule has 0 bridgehead atoms. The molecular weight excluding hydrogens is 388 g/mol. The van der Waals surface area contributed by atoms with Gasteiger partial charge in [0.1, 0.15) is 0 Å². The Morgan fingerprint density at radius 3 is 2.39 bits per heavy atom. The Balaban J connectivity index is 1.16. The minimum absolute atomic E-state index is 0.0687. The number of aromatic nitrogens is 2. The zero-order valence-electron chi connectivity index (χ0n) is 17.7. The maximum atomic E-state index is 12.5. The molecule has 158 valence electrons. The SMILES string of the molecule is Cc1ccc(/C=C/C(=O)N2CCN(c3ccc(-c4noc(C5CC5)n4)cc3)CC2)cc1. The first-order valence-corrected chi connectivity index (χ1v) is 10.9. The van der Waals surface area contributed by atoms with Gasteiger partial charge in [0.15, 0.2) is 0 Å². The Morgan fingerprint density at radius 2 is 1.71 bits per heavy atom. The van der Waals surface area contributed by atoms with Gasteiger partial charge in [0.25, 0.3) is 0 Å². The average molecular weight is 415 g/mol. The Kier molecular flexibility index (Phi) is 5.28. The van der Waals surface area contributed by atoms with Crippen LogP contribution in [0.5, 0.6) is 0 Å². The molecule has 2 aliphatic rings. The van der Waals surface area contributed by atoms with Crippen LogP contribution in [0.1, 0.15) is 35.8 Å². The molecule has 1 aromatic heterocycles. The summed E-state index contributed by atoms with van der Waals surface area (Å²) >= 11 is 0. The molecule has 1 aliphatic carbocycles. The van der Waals surface area contributed by atoms with E-state index in [1.54, 1.807) is 6.08 Å². The highest BCUT2D eigenvalue weighted by Crippen LogP contribution is 2.39. The molecule has 0 atom stereocenters. The Bertz CT molecular complexity index is 1070. The highest BCUT2D eigenvalue weighted by molar-refractivity contribution is 5.92. The number of aryl methyl sites for hydroxylation is 1. The molecule has 0 spiro atoms. The molecule has 2 heterocycles. The molecule has 0 unspecified atom stereocenters. The smallest absolute Gasteiger partial charge is 0.246 e. The first-order valence-electron chi connectivity index (χ1n) is 10.9. The second kappa shape index (κ2) is 8.38. The molecular formula is C25H26N4O2. The lowest BCUT2D eigenvalue weighted by Gasteiger charge is -2.35. The van der Waals surface area contributed by atoms with Crippen molar-refractivity contribution in [3.8, 4) is 11.4 Å². The van der Waals surface area contributed by atoms with E-state index in [-0.39, 0.29) is 5.91 Å². The Morgan fingerprint density at radius 1 is 1.00 bits per heavy atom. The van der Waals surface area contributed by atoms with Crippen molar-refractivity contribution in [1.82, 2.24) is 15.0 Å². The van der Waals surface area contributed by atoms with E-state index in [0.29, 0.717) is 24.8 Å². The molecule has 6 nitrogen and oxygen atoms in total. The third-order valence-electron chi connectivity index (χ3n) is 5.95. The van der Waals surface area contributed by atoms with E-state index in [0.717, 1.165) is 48.6 Å². The minimum atomic E-state index is 0.0687. The van der Waals surface area contributed by atoms with Gasteiger partial charge in [0.05, 0.1) is 0 Å². The average Bonchev–Trinajstić information content (AvgIpc) is 3.55. The highest BCUT2D eigenvalue weighted by Gasteiger charge is 2.29. The third-order valence-corrected chi connectivity index (χ3v) is 5.95. The topological polar surface area (TPSA) is 62.5 Å². The van der Waals surface area contributed by atoms with E-state index in [1.807, 2.05) is 35.2 Å². The minimum Gasteiger partial charge on any atom is -0.368 e. The zero-order valence-corrected chi connectivity index (χ0v) is 17.7. The second-order valence-corrected chi connectivity index (χ2v) is 8.33. The molecule has 6 heteroatoms. The van der Waals surface area contributed by atoms with Crippen molar-refractivity contribution in [1.29, 1.82) is 0 Å². The van der Waals surface area contributed by atoms with Crippen molar-refractivity contribution in [2.75, 3.05) is 31.1 Å². The molecule has 0 radical (unpaired) electrons. The summed E-state index contributed by atoms with van der Waals surface area (Å²) in [6.45, 7) is 5.12. The lowest BCUT2D eigenvalue weighted by atomic mass is 10.1. The fraction of sp³-hybridized carbons (Fsp3) is 0.320. The lowest BCUT2D eigenvalue weighted by molar-refractivity contribution is -0.126. The van der Waals surface area contributed by atoms with Crippen LogP contribution in [0.4, 0.5) is 5.69 Å². The summed E-state index contributed by atoms with van der Waals surface area (Å²) in [7, 11) is 0. The number of carbonyl (C=O) groups is 1.